The lowest BCUT2D eigenvalue weighted by Crippen LogP contribution is -1.92. The van der Waals surface area contributed by atoms with E-state index in [2.05, 4.69) is 36.5 Å². The molecule has 2 rings (SSSR count). The molecule has 0 aromatic rings. The van der Waals surface area contributed by atoms with Crippen molar-refractivity contribution in [1.29, 1.82) is 0 Å². The van der Waals surface area contributed by atoms with Crippen LogP contribution in [0, 0.1) is 0 Å². The summed E-state index contributed by atoms with van der Waals surface area (Å²) in [6, 6.07) is 0. The fourth-order valence-electron chi connectivity index (χ4n) is 2.30. The van der Waals surface area contributed by atoms with E-state index in [-0.39, 0.29) is 0 Å². The fraction of sp³-hybridized carbons (Fsp3) is 0.625. The minimum absolute atomic E-state index is 0.556. The maximum Gasteiger partial charge on any atom is 0.0845 e. The van der Waals surface area contributed by atoms with E-state index in [1.54, 1.807) is 0 Å². The van der Waals surface area contributed by atoms with Crippen molar-refractivity contribution in [3.8, 4) is 0 Å². The second-order valence-corrected chi connectivity index (χ2v) is 4.94. The number of rotatable bonds is 0. The first-order valence-electron chi connectivity index (χ1n) is 7.07. The van der Waals surface area contributed by atoms with Gasteiger partial charge in [-0.25, -0.2) is 0 Å². The standard InChI is InChI=1S/C16H24O/c1-2-4-6-8-10-12-14-16-15(17-16)13-11-9-7-5-3-1/h1-2,7-10,15-16H,3-6,11-14H2/b2-1+,9-7+,10-8+. The van der Waals surface area contributed by atoms with Crippen molar-refractivity contribution in [1.82, 2.24) is 0 Å². The van der Waals surface area contributed by atoms with Gasteiger partial charge in [-0.2, -0.15) is 0 Å². The van der Waals surface area contributed by atoms with E-state index < -0.39 is 0 Å². The Hall–Kier alpha value is -0.820. The first-order chi connectivity index (χ1) is 8.47. The van der Waals surface area contributed by atoms with Crippen molar-refractivity contribution in [2.45, 2.75) is 63.6 Å². The summed E-state index contributed by atoms with van der Waals surface area (Å²) >= 11 is 0. The Balaban J connectivity index is 1.74. The summed E-state index contributed by atoms with van der Waals surface area (Å²) in [6.07, 6.45) is 24.5. The van der Waals surface area contributed by atoms with E-state index in [0.717, 1.165) is 0 Å². The van der Waals surface area contributed by atoms with Crippen LogP contribution in [0.4, 0.5) is 0 Å². The van der Waals surface area contributed by atoms with E-state index in [0.29, 0.717) is 12.2 Å². The van der Waals surface area contributed by atoms with E-state index in [9.17, 15) is 0 Å². The Morgan fingerprint density at radius 2 is 0.882 bits per heavy atom. The lowest BCUT2D eigenvalue weighted by atomic mass is 10.1. The van der Waals surface area contributed by atoms with Crippen LogP contribution in [0.1, 0.15) is 51.4 Å². The molecule has 0 radical (unpaired) electrons. The Morgan fingerprint density at radius 3 is 1.29 bits per heavy atom. The summed E-state index contributed by atoms with van der Waals surface area (Å²) in [5.74, 6) is 0. The van der Waals surface area contributed by atoms with Crippen LogP contribution in [0.15, 0.2) is 36.5 Å². The maximum absolute atomic E-state index is 5.66. The fourth-order valence-corrected chi connectivity index (χ4v) is 2.30. The van der Waals surface area contributed by atoms with Crippen LogP contribution in [-0.4, -0.2) is 12.2 Å². The zero-order valence-corrected chi connectivity index (χ0v) is 10.7. The highest BCUT2D eigenvalue weighted by atomic mass is 16.6. The molecule has 1 heteroatoms. The van der Waals surface area contributed by atoms with Gasteiger partial charge in [0.15, 0.2) is 0 Å². The lowest BCUT2D eigenvalue weighted by Gasteiger charge is -1.93. The molecule has 94 valence electrons. The molecule has 2 atom stereocenters. The smallest absolute Gasteiger partial charge is 0.0845 e. The highest BCUT2D eigenvalue weighted by molar-refractivity contribution is 4.94. The molecule has 17 heavy (non-hydrogen) atoms. The summed E-state index contributed by atoms with van der Waals surface area (Å²) < 4.78 is 5.66. The van der Waals surface area contributed by atoms with Gasteiger partial charge in [0.25, 0.3) is 0 Å². The van der Waals surface area contributed by atoms with Crippen LogP contribution in [0.25, 0.3) is 0 Å². The first-order valence-corrected chi connectivity index (χ1v) is 7.07. The monoisotopic (exact) mass is 232 g/mol. The van der Waals surface area contributed by atoms with Gasteiger partial charge >= 0.3 is 0 Å². The van der Waals surface area contributed by atoms with Gasteiger partial charge in [0, 0.05) is 0 Å². The molecule has 0 aromatic heterocycles. The molecule has 1 heterocycles. The topological polar surface area (TPSA) is 12.5 Å². The van der Waals surface area contributed by atoms with Crippen LogP contribution in [-0.2, 0) is 4.74 Å². The highest BCUT2D eigenvalue weighted by Gasteiger charge is 2.36. The van der Waals surface area contributed by atoms with E-state index in [4.69, 9.17) is 4.74 Å². The minimum atomic E-state index is 0.556. The van der Waals surface area contributed by atoms with Crippen molar-refractivity contribution >= 4 is 0 Å². The number of epoxide rings is 1. The third-order valence-corrected chi connectivity index (χ3v) is 3.42. The highest BCUT2D eigenvalue weighted by Crippen LogP contribution is 2.30. The van der Waals surface area contributed by atoms with Gasteiger partial charge in [0.2, 0.25) is 0 Å². The number of hydrogen-bond donors (Lipinski definition) is 0. The molecule has 1 aliphatic heterocycles. The molecule has 1 nitrogen and oxygen atoms in total. The van der Waals surface area contributed by atoms with Gasteiger partial charge in [-0.15, -0.1) is 0 Å². The molecular formula is C16H24O. The molecule has 1 aliphatic carbocycles. The van der Waals surface area contributed by atoms with E-state index >= 15 is 0 Å². The van der Waals surface area contributed by atoms with Crippen molar-refractivity contribution in [3.63, 3.8) is 0 Å². The molecule has 2 aliphatic rings. The average molecular weight is 232 g/mol. The Morgan fingerprint density at radius 1 is 0.529 bits per heavy atom. The molecule has 0 N–H and O–H groups in total. The summed E-state index contributed by atoms with van der Waals surface area (Å²) in [7, 11) is 0. The number of ether oxygens (including phenoxy) is 1. The molecule has 0 amide bonds. The summed E-state index contributed by atoms with van der Waals surface area (Å²) in [4.78, 5) is 0. The minimum Gasteiger partial charge on any atom is -0.370 e. The van der Waals surface area contributed by atoms with Crippen LogP contribution in [0.3, 0.4) is 0 Å². The van der Waals surface area contributed by atoms with E-state index in [1.165, 1.54) is 51.4 Å². The van der Waals surface area contributed by atoms with Crippen LogP contribution in [0.5, 0.6) is 0 Å². The van der Waals surface area contributed by atoms with Crippen LogP contribution in [0.2, 0.25) is 0 Å². The van der Waals surface area contributed by atoms with Gasteiger partial charge in [-0.3, -0.25) is 0 Å². The zero-order chi connectivity index (χ0) is 11.8. The summed E-state index contributed by atoms with van der Waals surface area (Å²) in [5, 5.41) is 0. The molecule has 1 fully saturated rings. The largest absolute Gasteiger partial charge is 0.370 e. The number of fused-ring (bicyclic) bond motifs is 1. The molecule has 0 aromatic carbocycles. The molecule has 0 saturated carbocycles. The number of allylic oxidation sites excluding steroid dienone is 6. The zero-order valence-electron chi connectivity index (χ0n) is 10.7. The number of hydrogen-bond acceptors (Lipinski definition) is 1. The van der Waals surface area contributed by atoms with Crippen LogP contribution < -0.4 is 0 Å². The van der Waals surface area contributed by atoms with Gasteiger partial charge in [-0.05, 0) is 51.4 Å². The predicted molar refractivity (Wildman–Crippen MR) is 73.0 cm³/mol. The second kappa shape index (κ2) is 7.50. The van der Waals surface area contributed by atoms with Crippen molar-refractivity contribution in [3.05, 3.63) is 36.5 Å². The Bertz CT molecular complexity index is 260. The predicted octanol–water partition coefficient (Wildman–Crippen LogP) is 4.56. The normalized spacial score (nSPS) is 36.7. The SMILES string of the molecule is C1=C/CC/C=C/CCC2OC2CC/C=C/CC/1. The molecule has 0 spiro atoms. The molecule has 0 bridgehead atoms. The molecule has 1 saturated heterocycles. The average Bonchev–Trinajstić information content (AvgIpc) is 3.07. The third-order valence-electron chi connectivity index (χ3n) is 3.42. The van der Waals surface area contributed by atoms with Gasteiger partial charge < -0.3 is 4.74 Å². The van der Waals surface area contributed by atoms with Crippen molar-refractivity contribution < 1.29 is 4.74 Å². The second-order valence-electron chi connectivity index (χ2n) is 4.94. The Kier molecular flexibility index (Phi) is 5.57. The maximum atomic E-state index is 5.66. The van der Waals surface area contributed by atoms with Gasteiger partial charge in [0.05, 0.1) is 12.2 Å². The summed E-state index contributed by atoms with van der Waals surface area (Å²) in [6.45, 7) is 0. The summed E-state index contributed by atoms with van der Waals surface area (Å²) in [5.41, 5.74) is 0. The van der Waals surface area contributed by atoms with Gasteiger partial charge in [0.1, 0.15) is 0 Å². The Labute approximate surface area is 105 Å². The molecular weight excluding hydrogens is 208 g/mol. The quantitative estimate of drug-likeness (QED) is 0.440. The van der Waals surface area contributed by atoms with E-state index in [1.807, 2.05) is 0 Å². The van der Waals surface area contributed by atoms with Crippen LogP contribution >= 0.6 is 0 Å². The van der Waals surface area contributed by atoms with Gasteiger partial charge in [-0.1, -0.05) is 36.5 Å². The van der Waals surface area contributed by atoms with Crippen molar-refractivity contribution in [2.75, 3.05) is 0 Å². The lowest BCUT2D eigenvalue weighted by molar-refractivity contribution is 0.357. The first kappa shape index (κ1) is 12.6. The van der Waals surface area contributed by atoms with Crippen molar-refractivity contribution in [2.24, 2.45) is 0 Å². The molecule has 2 unspecified atom stereocenters. The third kappa shape index (κ3) is 5.36.